The van der Waals surface area contributed by atoms with Crippen LogP contribution >= 0.6 is 11.3 Å². The number of aliphatic hydroxyl groups excluding tert-OH is 1. The van der Waals surface area contributed by atoms with Gasteiger partial charge in [-0.3, -0.25) is 0 Å². The highest BCUT2D eigenvalue weighted by molar-refractivity contribution is 7.10. The SMILES string of the molecule is Cc1cc(OCc2cc(C#CCO)cs2)ccc1F. The van der Waals surface area contributed by atoms with Crippen molar-refractivity contribution < 1.29 is 14.2 Å². The number of aryl methyl sites for hydroxylation is 1. The summed E-state index contributed by atoms with van der Waals surface area (Å²) >= 11 is 1.54. The molecule has 98 valence electrons. The molecular formula is C15H13FO2S. The first kappa shape index (κ1) is 13.6. The number of rotatable bonds is 3. The largest absolute Gasteiger partial charge is 0.488 e. The lowest BCUT2D eigenvalue weighted by Gasteiger charge is -2.05. The Bertz CT molecular complexity index is 623. The molecule has 2 aromatic rings. The third-order valence-electron chi connectivity index (χ3n) is 2.48. The monoisotopic (exact) mass is 276 g/mol. The van der Waals surface area contributed by atoms with E-state index < -0.39 is 0 Å². The summed E-state index contributed by atoms with van der Waals surface area (Å²) in [5, 5.41) is 10.5. The fourth-order valence-corrected chi connectivity index (χ4v) is 2.25. The number of thiophene rings is 1. The molecule has 0 unspecified atom stereocenters. The van der Waals surface area contributed by atoms with Gasteiger partial charge in [0, 0.05) is 15.8 Å². The fraction of sp³-hybridized carbons (Fsp3) is 0.200. The van der Waals surface area contributed by atoms with Crippen LogP contribution in [0.4, 0.5) is 4.39 Å². The van der Waals surface area contributed by atoms with E-state index in [4.69, 9.17) is 9.84 Å². The summed E-state index contributed by atoms with van der Waals surface area (Å²) in [6.07, 6.45) is 0. The maximum Gasteiger partial charge on any atom is 0.126 e. The number of ether oxygens (including phenoxy) is 1. The number of aliphatic hydroxyl groups is 1. The minimum Gasteiger partial charge on any atom is -0.488 e. The van der Waals surface area contributed by atoms with Gasteiger partial charge in [0.25, 0.3) is 0 Å². The van der Waals surface area contributed by atoms with Gasteiger partial charge in [0.1, 0.15) is 24.8 Å². The van der Waals surface area contributed by atoms with Crippen LogP contribution in [0.25, 0.3) is 0 Å². The topological polar surface area (TPSA) is 29.5 Å². The minimum absolute atomic E-state index is 0.142. The average Bonchev–Trinajstić information content (AvgIpc) is 2.86. The number of hydrogen-bond acceptors (Lipinski definition) is 3. The molecule has 0 atom stereocenters. The number of benzene rings is 1. The molecule has 1 heterocycles. The summed E-state index contributed by atoms with van der Waals surface area (Å²) < 4.78 is 18.7. The van der Waals surface area contributed by atoms with Gasteiger partial charge in [-0.25, -0.2) is 4.39 Å². The molecule has 0 fully saturated rings. The third-order valence-corrected chi connectivity index (χ3v) is 3.39. The molecule has 1 N–H and O–H groups in total. The van der Waals surface area contributed by atoms with Crippen molar-refractivity contribution >= 4 is 11.3 Å². The number of halogens is 1. The Morgan fingerprint density at radius 3 is 2.95 bits per heavy atom. The predicted molar refractivity (Wildman–Crippen MR) is 73.8 cm³/mol. The summed E-state index contributed by atoms with van der Waals surface area (Å²) in [7, 11) is 0. The van der Waals surface area contributed by atoms with E-state index in [1.165, 1.54) is 6.07 Å². The van der Waals surface area contributed by atoms with Crippen LogP contribution in [0.3, 0.4) is 0 Å². The van der Waals surface area contributed by atoms with Gasteiger partial charge in [0.15, 0.2) is 0 Å². The molecule has 0 radical (unpaired) electrons. The Morgan fingerprint density at radius 2 is 2.21 bits per heavy atom. The van der Waals surface area contributed by atoms with E-state index in [1.807, 2.05) is 11.4 Å². The van der Waals surface area contributed by atoms with Gasteiger partial charge in [-0.15, -0.1) is 11.3 Å². The second-order valence-corrected chi connectivity index (χ2v) is 4.96. The lowest BCUT2D eigenvalue weighted by atomic mass is 10.2. The Morgan fingerprint density at radius 1 is 1.37 bits per heavy atom. The fourth-order valence-electron chi connectivity index (χ4n) is 1.52. The maximum atomic E-state index is 13.1. The highest BCUT2D eigenvalue weighted by Gasteiger charge is 2.02. The van der Waals surface area contributed by atoms with Gasteiger partial charge in [-0.1, -0.05) is 11.8 Å². The first-order chi connectivity index (χ1) is 9.19. The van der Waals surface area contributed by atoms with Crippen molar-refractivity contribution in [1.29, 1.82) is 0 Å². The minimum atomic E-state index is -0.231. The lowest BCUT2D eigenvalue weighted by molar-refractivity contribution is 0.309. The van der Waals surface area contributed by atoms with Crippen molar-refractivity contribution in [3.63, 3.8) is 0 Å². The Labute approximate surface area is 115 Å². The Hall–Kier alpha value is -1.83. The Kier molecular flexibility index (Phi) is 4.56. The smallest absolute Gasteiger partial charge is 0.126 e. The van der Waals surface area contributed by atoms with E-state index in [-0.39, 0.29) is 12.4 Å². The van der Waals surface area contributed by atoms with Crippen LogP contribution in [-0.2, 0) is 6.61 Å². The molecule has 0 spiro atoms. The molecule has 0 amide bonds. The average molecular weight is 276 g/mol. The molecule has 0 aliphatic carbocycles. The summed E-state index contributed by atoms with van der Waals surface area (Å²) in [5.41, 5.74) is 1.44. The van der Waals surface area contributed by atoms with E-state index >= 15 is 0 Å². The quantitative estimate of drug-likeness (QED) is 0.873. The highest BCUT2D eigenvalue weighted by atomic mass is 32.1. The van der Waals surface area contributed by atoms with Crippen LogP contribution in [0, 0.1) is 24.6 Å². The van der Waals surface area contributed by atoms with Crippen molar-refractivity contribution in [2.75, 3.05) is 6.61 Å². The van der Waals surface area contributed by atoms with E-state index in [0.29, 0.717) is 17.9 Å². The molecule has 1 aromatic carbocycles. The van der Waals surface area contributed by atoms with Crippen LogP contribution in [0.15, 0.2) is 29.6 Å². The normalized spacial score (nSPS) is 9.84. The summed E-state index contributed by atoms with van der Waals surface area (Å²) in [6, 6.07) is 6.61. The zero-order valence-electron chi connectivity index (χ0n) is 10.4. The van der Waals surface area contributed by atoms with Gasteiger partial charge in [-0.2, -0.15) is 0 Å². The van der Waals surface area contributed by atoms with Gasteiger partial charge in [0.2, 0.25) is 0 Å². The zero-order valence-corrected chi connectivity index (χ0v) is 11.3. The van der Waals surface area contributed by atoms with Crippen LogP contribution < -0.4 is 4.74 Å². The molecule has 19 heavy (non-hydrogen) atoms. The van der Waals surface area contributed by atoms with Crippen LogP contribution in [0.2, 0.25) is 0 Å². The van der Waals surface area contributed by atoms with Crippen LogP contribution in [0.1, 0.15) is 16.0 Å². The van der Waals surface area contributed by atoms with Crippen molar-refractivity contribution in [2.45, 2.75) is 13.5 Å². The van der Waals surface area contributed by atoms with Gasteiger partial charge in [0.05, 0.1) is 0 Å². The first-order valence-electron chi connectivity index (χ1n) is 5.75. The first-order valence-corrected chi connectivity index (χ1v) is 6.63. The molecule has 0 aliphatic rings. The van der Waals surface area contributed by atoms with E-state index in [0.717, 1.165) is 10.4 Å². The van der Waals surface area contributed by atoms with E-state index in [9.17, 15) is 4.39 Å². The Balaban J connectivity index is 1.98. The predicted octanol–water partition coefficient (Wildman–Crippen LogP) is 3.12. The van der Waals surface area contributed by atoms with E-state index in [2.05, 4.69) is 11.8 Å². The number of hydrogen-bond donors (Lipinski definition) is 1. The molecule has 1 aromatic heterocycles. The van der Waals surface area contributed by atoms with Crippen molar-refractivity contribution in [3.05, 3.63) is 51.5 Å². The van der Waals surface area contributed by atoms with Crippen molar-refractivity contribution in [2.24, 2.45) is 0 Å². The maximum absolute atomic E-state index is 13.1. The molecule has 0 bridgehead atoms. The standard InChI is InChI=1S/C15H13FO2S/c1-11-7-13(4-5-15(11)16)18-9-14-8-12(10-19-14)3-2-6-17/h4-5,7-8,10,17H,6,9H2,1H3. The molecule has 0 saturated heterocycles. The summed E-state index contributed by atoms with van der Waals surface area (Å²) in [5.74, 6) is 5.85. The van der Waals surface area contributed by atoms with Gasteiger partial charge < -0.3 is 9.84 Å². The highest BCUT2D eigenvalue weighted by Crippen LogP contribution is 2.20. The molecule has 0 aliphatic heterocycles. The molecular weight excluding hydrogens is 263 g/mol. The van der Waals surface area contributed by atoms with Crippen LogP contribution in [0.5, 0.6) is 5.75 Å². The second-order valence-electron chi connectivity index (χ2n) is 3.96. The molecule has 2 rings (SSSR count). The second kappa shape index (κ2) is 6.37. The molecule has 4 heteroatoms. The molecule has 0 saturated carbocycles. The lowest BCUT2D eigenvalue weighted by Crippen LogP contribution is -1.94. The van der Waals surface area contributed by atoms with Gasteiger partial charge in [-0.05, 0) is 36.8 Å². The summed E-state index contributed by atoms with van der Waals surface area (Å²) in [6.45, 7) is 1.99. The summed E-state index contributed by atoms with van der Waals surface area (Å²) in [4.78, 5) is 1.03. The molecule has 2 nitrogen and oxygen atoms in total. The van der Waals surface area contributed by atoms with Crippen molar-refractivity contribution in [3.8, 4) is 17.6 Å². The van der Waals surface area contributed by atoms with Crippen LogP contribution in [-0.4, -0.2) is 11.7 Å². The zero-order chi connectivity index (χ0) is 13.7. The van der Waals surface area contributed by atoms with E-state index in [1.54, 1.807) is 30.4 Å². The van der Waals surface area contributed by atoms with Gasteiger partial charge >= 0.3 is 0 Å². The third kappa shape index (κ3) is 3.82. The van der Waals surface area contributed by atoms with Crippen molar-refractivity contribution in [1.82, 2.24) is 0 Å².